The SMILES string of the molecule is Cc1cc(Cl)ccc1NC(=O)N1CCC(C(=O)c2ccc(O)cc2)CC1. The Morgan fingerprint density at radius 2 is 1.77 bits per heavy atom. The van der Waals surface area contributed by atoms with Crippen LogP contribution in [0.5, 0.6) is 5.75 Å². The van der Waals surface area contributed by atoms with Crippen LogP contribution in [0.2, 0.25) is 5.02 Å². The quantitative estimate of drug-likeness (QED) is 0.780. The van der Waals surface area contributed by atoms with Crippen LogP contribution in [0.25, 0.3) is 0 Å². The van der Waals surface area contributed by atoms with Crippen molar-refractivity contribution < 1.29 is 14.7 Å². The summed E-state index contributed by atoms with van der Waals surface area (Å²) in [7, 11) is 0. The molecule has 0 atom stereocenters. The molecule has 5 nitrogen and oxygen atoms in total. The zero-order chi connectivity index (χ0) is 18.7. The maximum absolute atomic E-state index is 12.5. The van der Waals surface area contributed by atoms with Gasteiger partial charge in [-0.05, 0) is 67.8 Å². The molecule has 6 heteroatoms. The molecule has 0 unspecified atom stereocenters. The average Bonchev–Trinajstić information content (AvgIpc) is 2.64. The lowest BCUT2D eigenvalue weighted by atomic mass is 9.89. The predicted octanol–water partition coefficient (Wildman–Crippen LogP) is 4.48. The van der Waals surface area contributed by atoms with Gasteiger partial charge in [-0.15, -0.1) is 0 Å². The summed E-state index contributed by atoms with van der Waals surface area (Å²) in [6, 6.07) is 11.5. The molecular weight excluding hydrogens is 352 g/mol. The molecule has 1 heterocycles. The smallest absolute Gasteiger partial charge is 0.321 e. The number of Topliss-reactive ketones (excluding diaryl/α,β-unsaturated/α-hetero) is 1. The van der Waals surface area contributed by atoms with E-state index in [-0.39, 0.29) is 23.5 Å². The van der Waals surface area contributed by atoms with Crippen LogP contribution in [0, 0.1) is 12.8 Å². The van der Waals surface area contributed by atoms with Crippen LogP contribution in [-0.4, -0.2) is 34.9 Å². The zero-order valence-electron chi connectivity index (χ0n) is 14.5. The van der Waals surface area contributed by atoms with Crippen LogP contribution in [-0.2, 0) is 0 Å². The van der Waals surface area contributed by atoms with Crippen molar-refractivity contribution in [3.05, 3.63) is 58.6 Å². The fourth-order valence-electron chi connectivity index (χ4n) is 3.17. The highest BCUT2D eigenvalue weighted by Crippen LogP contribution is 2.24. The summed E-state index contributed by atoms with van der Waals surface area (Å²) in [6.07, 6.45) is 1.26. The Morgan fingerprint density at radius 3 is 2.38 bits per heavy atom. The molecule has 2 aromatic rings. The first kappa shape index (κ1) is 18.3. The van der Waals surface area contributed by atoms with Gasteiger partial charge in [0, 0.05) is 35.3 Å². The Hall–Kier alpha value is -2.53. The Morgan fingerprint density at radius 1 is 1.12 bits per heavy atom. The molecule has 0 spiro atoms. The minimum atomic E-state index is -0.161. The van der Waals surface area contributed by atoms with Crippen LogP contribution in [0.3, 0.4) is 0 Å². The van der Waals surface area contributed by atoms with Crippen LogP contribution in [0.1, 0.15) is 28.8 Å². The van der Waals surface area contributed by atoms with Crippen molar-refractivity contribution in [2.24, 2.45) is 5.92 Å². The van der Waals surface area contributed by atoms with Gasteiger partial charge in [-0.3, -0.25) is 4.79 Å². The van der Waals surface area contributed by atoms with Crippen LogP contribution in [0.4, 0.5) is 10.5 Å². The molecular formula is C20H21ClN2O3. The molecule has 2 aromatic carbocycles. The van der Waals surface area contributed by atoms with Gasteiger partial charge in [0.2, 0.25) is 0 Å². The average molecular weight is 373 g/mol. The number of nitrogens with one attached hydrogen (secondary N) is 1. The van der Waals surface area contributed by atoms with Gasteiger partial charge >= 0.3 is 6.03 Å². The highest BCUT2D eigenvalue weighted by molar-refractivity contribution is 6.30. The van der Waals surface area contributed by atoms with Crippen LogP contribution < -0.4 is 5.32 Å². The van der Waals surface area contributed by atoms with Crippen molar-refractivity contribution in [2.45, 2.75) is 19.8 Å². The molecule has 0 radical (unpaired) electrons. The van der Waals surface area contributed by atoms with E-state index in [0.717, 1.165) is 11.3 Å². The molecule has 2 N–H and O–H groups in total. The van der Waals surface area contributed by atoms with Crippen molar-refractivity contribution >= 4 is 29.1 Å². The molecule has 2 amide bonds. The lowest BCUT2D eigenvalue weighted by molar-refractivity contribution is 0.0859. The Balaban J connectivity index is 1.56. The van der Waals surface area contributed by atoms with E-state index >= 15 is 0 Å². The van der Waals surface area contributed by atoms with E-state index in [1.54, 1.807) is 35.2 Å². The second-order valence-electron chi connectivity index (χ2n) is 6.56. The number of phenolic OH excluding ortho intramolecular Hbond substituents is 1. The maximum atomic E-state index is 12.5. The number of aromatic hydroxyl groups is 1. The van der Waals surface area contributed by atoms with Gasteiger partial charge < -0.3 is 15.3 Å². The van der Waals surface area contributed by atoms with Gasteiger partial charge in [0.15, 0.2) is 5.78 Å². The van der Waals surface area contributed by atoms with E-state index in [9.17, 15) is 14.7 Å². The highest BCUT2D eigenvalue weighted by Gasteiger charge is 2.28. The molecule has 3 rings (SSSR count). The minimum absolute atomic E-state index is 0.0682. The number of hydrogen-bond acceptors (Lipinski definition) is 3. The molecule has 0 aliphatic carbocycles. The number of urea groups is 1. The third-order valence-corrected chi connectivity index (χ3v) is 4.97. The zero-order valence-corrected chi connectivity index (χ0v) is 15.3. The van der Waals surface area contributed by atoms with Gasteiger partial charge in [0.1, 0.15) is 5.75 Å². The number of nitrogens with zero attached hydrogens (tertiary/aromatic N) is 1. The number of aryl methyl sites for hydroxylation is 1. The minimum Gasteiger partial charge on any atom is -0.508 e. The Bertz CT molecular complexity index is 812. The summed E-state index contributed by atoms with van der Waals surface area (Å²) in [4.78, 5) is 26.7. The fourth-order valence-corrected chi connectivity index (χ4v) is 3.39. The van der Waals surface area contributed by atoms with Crippen LogP contribution >= 0.6 is 11.6 Å². The number of carbonyl (C=O) groups excluding carboxylic acids is 2. The lowest BCUT2D eigenvalue weighted by Gasteiger charge is -2.31. The largest absolute Gasteiger partial charge is 0.508 e. The summed E-state index contributed by atoms with van der Waals surface area (Å²) < 4.78 is 0. The van der Waals surface area contributed by atoms with Crippen molar-refractivity contribution in [3.63, 3.8) is 0 Å². The summed E-state index contributed by atoms with van der Waals surface area (Å²) >= 11 is 5.94. The van der Waals surface area contributed by atoms with Gasteiger partial charge in [-0.2, -0.15) is 0 Å². The third-order valence-electron chi connectivity index (χ3n) is 4.73. The van der Waals surface area contributed by atoms with Gasteiger partial charge in [0.25, 0.3) is 0 Å². The number of halogens is 1. The Kier molecular flexibility index (Phi) is 5.47. The number of benzene rings is 2. The molecule has 136 valence electrons. The van der Waals surface area contributed by atoms with Crippen molar-refractivity contribution in [2.75, 3.05) is 18.4 Å². The number of phenols is 1. The topological polar surface area (TPSA) is 69.6 Å². The number of carbonyl (C=O) groups is 2. The standard InChI is InChI=1S/C20H21ClN2O3/c1-13-12-16(21)4-7-18(13)22-20(26)23-10-8-15(9-11-23)19(25)14-2-5-17(24)6-3-14/h2-7,12,15,24H,8-11H2,1H3,(H,22,26). The molecule has 1 saturated heterocycles. The van der Waals surface area contributed by atoms with Gasteiger partial charge in [0.05, 0.1) is 0 Å². The fraction of sp³-hybridized carbons (Fsp3) is 0.300. The second kappa shape index (κ2) is 7.79. The normalized spacial score (nSPS) is 14.9. The van der Waals surface area contributed by atoms with Crippen molar-refractivity contribution in [1.29, 1.82) is 0 Å². The van der Waals surface area contributed by atoms with Gasteiger partial charge in [-0.25, -0.2) is 4.79 Å². The molecule has 1 fully saturated rings. The van der Waals surface area contributed by atoms with E-state index in [0.29, 0.717) is 36.5 Å². The van der Waals surface area contributed by atoms with Gasteiger partial charge in [-0.1, -0.05) is 11.6 Å². The number of anilines is 1. The third kappa shape index (κ3) is 4.17. The number of likely N-dealkylation sites (tertiary alicyclic amines) is 1. The van der Waals surface area contributed by atoms with E-state index in [4.69, 9.17) is 11.6 Å². The number of rotatable bonds is 3. The van der Waals surface area contributed by atoms with Crippen molar-refractivity contribution in [1.82, 2.24) is 4.90 Å². The molecule has 0 bridgehead atoms. The number of ketones is 1. The Labute approximate surface area is 157 Å². The summed E-state index contributed by atoms with van der Waals surface area (Å²) in [5.41, 5.74) is 2.24. The number of piperidine rings is 1. The summed E-state index contributed by atoms with van der Waals surface area (Å²) in [5, 5.41) is 12.9. The second-order valence-corrected chi connectivity index (χ2v) is 7.00. The molecule has 1 aliphatic rings. The first-order valence-electron chi connectivity index (χ1n) is 8.59. The van der Waals surface area contributed by atoms with Crippen LogP contribution in [0.15, 0.2) is 42.5 Å². The van der Waals surface area contributed by atoms with E-state index in [1.165, 1.54) is 12.1 Å². The molecule has 26 heavy (non-hydrogen) atoms. The number of hydrogen-bond donors (Lipinski definition) is 2. The number of amides is 2. The predicted molar refractivity (Wildman–Crippen MR) is 102 cm³/mol. The first-order chi connectivity index (χ1) is 12.4. The summed E-state index contributed by atoms with van der Waals surface area (Å²) in [6.45, 7) is 2.96. The lowest BCUT2D eigenvalue weighted by Crippen LogP contribution is -2.42. The highest BCUT2D eigenvalue weighted by atomic mass is 35.5. The maximum Gasteiger partial charge on any atom is 0.321 e. The molecule has 0 saturated carbocycles. The molecule has 1 aliphatic heterocycles. The molecule has 0 aromatic heterocycles. The van der Waals surface area contributed by atoms with E-state index in [2.05, 4.69) is 5.32 Å². The van der Waals surface area contributed by atoms with E-state index < -0.39 is 0 Å². The monoisotopic (exact) mass is 372 g/mol. The van der Waals surface area contributed by atoms with Crippen molar-refractivity contribution in [3.8, 4) is 5.75 Å². The summed E-state index contributed by atoms with van der Waals surface area (Å²) in [5.74, 6) is 0.116. The van der Waals surface area contributed by atoms with E-state index in [1.807, 2.05) is 6.92 Å². The first-order valence-corrected chi connectivity index (χ1v) is 8.97.